The van der Waals surface area contributed by atoms with Gasteiger partial charge < -0.3 is 29.6 Å². The molecule has 0 radical (unpaired) electrons. The summed E-state index contributed by atoms with van der Waals surface area (Å²) in [5.41, 5.74) is 2.36. The molecular weight excluding hydrogens is 497 g/mol. The quantitative estimate of drug-likeness (QED) is 0.165. The summed E-state index contributed by atoms with van der Waals surface area (Å²) in [6, 6.07) is 8.39. The van der Waals surface area contributed by atoms with Crippen LogP contribution in [0.3, 0.4) is 0 Å². The van der Waals surface area contributed by atoms with E-state index in [0.29, 0.717) is 32.3 Å². The SMILES string of the molecule is CCOCCOCc1cccc(CNC(=NC)NCCCOCC2CCOC2)c1.I. The smallest absolute Gasteiger partial charge is 0.191 e. The van der Waals surface area contributed by atoms with E-state index in [1.54, 1.807) is 7.05 Å². The fraction of sp³-hybridized carbons (Fsp3) is 0.682. The topological polar surface area (TPSA) is 73.3 Å². The van der Waals surface area contributed by atoms with Crippen molar-refractivity contribution in [3.8, 4) is 0 Å². The Balaban J connectivity index is 0.00000450. The molecule has 2 rings (SSSR count). The van der Waals surface area contributed by atoms with Crippen molar-refractivity contribution in [1.82, 2.24) is 10.6 Å². The van der Waals surface area contributed by atoms with E-state index in [1.807, 2.05) is 6.92 Å². The molecule has 1 aliphatic rings. The molecule has 2 N–H and O–H groups in total. The first-order valence-electron chi connectivity index (χ1n) is 10.6. The molecule has 7 nitrogen and oxygen atoms in total. The standard InChI is InChI=1S/C22H37N3O4.HI/c1-3-26-12-13-29-16-20-7-4-6-19(14-20)15-25-22(23-2)24-9-5-10-27-17-21-8-11-28-18-21;/h4,6-7,14,21H,3,5,8-13,15-18H2,1-2H3,(H2,23,24,25);1H. The van der Waals surface area contributed by atoms with Gasteiger partial charge in [-0.25, -0.2) is 0 Å². The number of hydrogen-bond acceptors (Lipinski definition) is 5. The minimum absolute atomic E-state index is 0. The molecule has 172 valence electrons. The van der Waals surface area contributed by atoms with Gasteiger partial charge in [0.05, 0.1) is 33.0 Å². The Hall–Kier alpha value is -0.940. The van der Waals surface area contributed by atoms with Crippen LogP contribution in [-0.2, 0) is 32.1 Å². The van der Waals surface area contributed by atoms with E-state index >= 15 is 0 Å². The maximum absolute atomic E-state index is 5.73. The summed E-state index contributed by atoms with van der Waals surface area (Å²) < 4.78 is 22.0. The van der Waals surface area contributed by atoms with E-state index in [2.05, 4.69) is 39.9 Å². The Labute approximate surface area is 198 Å². The molecule has 1 saturated heterocycles. The number of nitrogens with zero attached hydrogens (tertiary/aromatic N) is 1. The number of hydrogen-bond donors (Lipinski definition) is 2. The fourth-order valence-electron chi connectivity index (χ4n) is 3.03. The van der Waals surface area contributed by atoms with Crippen LogP contribution < -0.4 is 10.6 Å². The van der Waals surface area contributed by atoms with Crippen molar-refractivity contribution >= 4 is 29.9 Å². The molecule has 30 heavy (non-hydrogen) atoms. The van der Waals surface area contributed by atoms with Crippen molar-refractivity contribution in [3.63, 3.8) is 0 Å². The third-order valence-corrected chi connectivity index (χ3v) is 4.66. The molecular formula is C22H38IN3O4. The van der Waals surface area contributed by atoms with E-state index in [1.165, 1.54) is 5.56 Å². The van der Waals surface area contributed by atoms with Crippen LogP contribution in [0.5, 0.6) is 0 Å². The molecule has 1 heterocycles. The minimum atomic E-state index is 0. The summed E-state index contributed by atoms with van der Waals surface area (Å²) in [7, 11) is 1.79. The van der Waals surface area contributed by atoms with Crippen LogP contribution in [0.25, 0.3) is 0 Å². The van der Waals surface area contributed by atoms with E-state index in [9.17, 15) is 0 Å². The lowest BCUT2D eigenvalue weighted by Gasteiger charge is -2.13. The third kappa shape index (κ3) is 12.0. The van der Waals surface area contributed by atoms with E-state index in [4.69, 9.17) is 18.9 Å². The van der Waals surface area contributed by atoms with Crippen molar-refractivity contribution in [2.24, 2.45) is 10.9 Å². The maximum atomic E-state index is 5.73. The van der Waals surface area contributed by atoms with Crippen molar-refractivity contribution in [1.29, 1.82) is 0 Å². The monoisotopic (exact) mass is 535 g/mol. The van der Waals surface area contributed by atoms with Gasteiger partial charge in [-0.15, -0.1) is 24.0 Å². The highest BCUT2D eigenvalue weighted by molar-refractivity contribution is 14.0. The van der Waals surface area contributed by atoms with Gasteiger partial charge >= 0.3 is 0 Å². The zero-order valence-electron chi connectivity index (χ0n) is 18.4. The molecule has 0 spiro atoms. The predicted octanol–water partition coefficient (Wildman–Crippen LogP) is 2.97. The zero-order chi connectivity index (χ0) is 20.6. The third-order valence-electron chi connectivity index (χ3n) is 4.66. The normalized spacial score (nSPS) is 16.3. The molecule has 0 aromatic heterocycles. The first-order chi connectivity index (χ1) is 14.3. The van der Waals surface area contributed by atoms with Crippen molar-refractivity contribution in [3.05, 3.63) is 35.4 Å². The highest BCUT2D eigenvalue weighted by atomic mass is 127. The van der Waals surface area contributed by atoms with Gasteiger partial charge in [-0.3, -0.25) is 4.99 Å². The second-order valence-corrected chi connectivity index (χ2v) is 7.08. The van der Waals surface area contributed by atoms with E-state index in [-0.39, 0.29) is 24.0 Å². The highest BCUT2D eigenvalue weighted by Crippen LogP contribution is 2.12. The maximum Gasteiger partial charge on any atom is 0.191 e. The van der Waals surface area contributed by atoms with Crippen molar-refractivity contribution in [2.75, 3.05) is 59.8 Å². The summed E-state index contributed by atoms with van der Waals surface area (Å²) in [6.45, 7) is 9.38. The number of benzene rings is 1. The second kappa shape index (κ2) is 17.7. The molecule has 1 fully saturated rings. The number of rotatable bonds is 14. The van der Waals surface area contributed by atoms with Gasteiger partial charge in [-0.2, -0.15) is 0 Å². The summed E-state index contributed by atoms with van der Waals surface area (Å²) in [6.07, 6.45) is 2.07. The first kappa shape index (κ1) is 27.1. The summed E-state index contributed by atoms with van der Waals surface area (Å²) in [5, 5.41) is 6.69. The average molecular weight is 535 g/mol. The van der Waals surface area contributed by atoms with Crippen LogP contribution >= 0.6 is 24.0 Å². The van der Waals surface area contributed by atoms with Crippen molar-refractivity contribution in [2.45, 2.75) is 32.9 Å². The van der Waals surface area contributed by atoms with Crippen LogP contribution in [0.15, 0.2) is 29.3 Å². The summed E-state index contributed by atoms with van der Waals surface area (Å²) >= 11 is 0. The fourth-order valence-corrected chi connectivity index (χ4v) is 3.03. The molecule has 1 unspecified atom stereocenters. The predicted molar refractivity (Wildman–Crippen MR) is 131 cm³/mol. The molecule has 0 saturated carbocycles. The number of halogens is 1. The largest absolute Gasteiger partial charge is 0.381 e. The lowest BCUT2D eigenvalue weighted by Crippen LogP contribution is -2.37. The lowest BCUT2D eigenvalue weighted by molar-refractivity contribution is 0.0453. The number of aliphatic imine (C=N–C) groups is 1. The second-order valence-electron chi connectivity index (χ2n) is 7.08. The Bertz CT molecular complexity index is 583. The van der Waals surface area contributed by atoms with Gasteiger partial charge in [0.25, 0.3) is 0 Å². The van der Waals surface area contributed by atoms with Gasteiger partial charge in [0.2, 0.25) is 0 Å². The van der Waals surface area contributed by atoms with Gasteiger partial charge in [-0.1, -0.05) is 24.3 Å². The zero-order valence-corrected chi connectivity index (χ0v) is 20.7. The van der Waals surface area contributed by atoms with Gasteiger partial charge in [-0.05, 0) is 30.9 Å². The molecule has 0 amide bonds. The van der Waals surface area contributed by atoms with Crippen LogP contribution in [0.2, 0.25) is 0 Å². The van der Waals surface area contributed by atoms with Crippen LogP contribution in [0.4, 0.5) is 0 Å². The minimum Gasteiger partial charge on any atom is -0.381 e. The lowest BCUT2D eigenvalue weighted by atomic mass is 10.1. The van der Waals surface area contributed by atoms with Gasteiger partial charge in [0.15, 0.2) is 5.96 Å². The van der Waals surface area contributed by atoms with E-state index in [0.717, 1.165) is 63.9 Å². The molecule has 1 atom stereocenters. The van der Waals surface area contributed by atoms with Gasteiger partial charge in [0.1, 0.15) is 0 Å². The Morgan fingerprint density at radius 2 is 1.97 bits per heavy atom. The molecule has 1 aliphatic heterocycles. The summed E-state index contributed by atoms with van der Waals surface area (Å²) in [5.74, 6) is 1.37. The molecule has 8 heteroatoms. The average Bonchev–Trinajstić information content (AvgIpc) is 3.26. The molecule has 1 aromatic rings. The highest BCUT2D eigenvalue weighted by Gasteiger charge is 2.15. The van der Waals surface area contributed by atoms with Gasteiger partial charge in [0, 0.05) is 45.9 Å². The Morgan fingerprint density at radius 1 is 1.13 bits per heavy atom. The number of nitrogens with one attached hydrogen (secondary N) is 2. The van der Waals surface area contributed by atoms with Crippen LogP contribution in [0, 0.1) is 5.92 Å². The number of guanidine groups is 1. The Kier molecular flexibility index (Phi) is 16.0. The Morgan fingerprint density at radius 3 is 2.73 bits per heavy atom. The summed E-state index contributed by atoms with van der Waals surface area (Å²) in [4.78, 5) is 4.28. The van der Waals surface area contributed by atoms with Crippen molar-refractivity contribution < 1.29 is 18.9 Å². The molecule has 0 bridgehead atoms. The first-order valence-corrected chi connectivity index (χ1v) is 10.6. The molecule has 0 aliphatic carbocycles. The number of ether oxygens (including phenoxy) is 4. The van der Waals surface area contributed by atoms with E-state index < -0.39 is 0 Å². The van der Waals surface area contributed by atoms with Crippen LogP contribution in [0.1, 0.15) is 30.9 Å². The van der Waals surface area contributed by atoms with Crippen LogP contribution in [-0.4, -0.2) is 65.8 Å². The molecule has 1 aromatic carbocycles.